The second-order valence-electron chi connectivity index (χ2n) is 5.82. The van der Waals surface area contributed by atoms with Crippen LogP contribution in [0.25, 0.3) is 0 Å². The average Bonchev–Trinajstić information content (AvgIpc) is 3.09. The molecule has 0 bridgehead atoms. The van der Waals surface area contributed by atoms with Gasteiger partial charge in [0.05, 0.1) is 0 Å². The number of unbranched alkanes of at least 4 members (excludes halogenated alkanes) is 1. The number of hydrogen-bond donors (Lipinski definition) is 0. The van der Waals surface area contributed by atoms with Crippen molar-refractivity contribution in [3.8, 4) is 0 Å². The van der Waals surface area contributed by atoms with Crippen LogP contribution in [0.4, 0.5) is 0 Å². The molecule has 0 saturated heterocycles. The normalized spacial score (nSPS) is 20.2. The first kappa shape index (κ1) is 13.8. The number of allylic oxidation sites excluding steroid dienone is 2. The summed E-state index contributed by atoms with van der Waals surface area (Å²) >= 11 is 0. The van der Waals surface area contributed by atoms with Crippen molar-refractivity contribution in [3.63, 3.8) is 0 Å². The molecule has 0 heterocycles. The van der Waals surface area contributed by atoms with Gasteiger partial charge in [-0.3, -0.25) is 0 Å². The molecule has 0 aliphatic heterocycles. The Balaban J connectivity index is 2.00. The molecule has 0 aromatic carbocycles. The van der Waals surface area contributed by atoms with Crippen molar-refractivity contribution in [2.75, 3.05) is 0 Å². The third-order valence-electron chi connectivity index (χ3n) is 4.10. The molecule has 0 nitrogen and oxygen atoms in total. The topological polar surface area (TPSA) is 0 Å². The molecule has 1 aliphatic carbocycles. The first-order chi connectivity index (χ1) is 7.74. The van der Waals surface area contributed by atoms with E-state index in [1.165, 1.54) is 51.4 Å². The summed E-state index contributed by atoms with van der Waals surface area (Å²) in [7, 11) is 0. The molecule has 16 heavy (non-hydrogen) atoms. The van der Waals surface area contributed by atoms with Gasteiger partial charge in [0.1, 0.15) is 0 Å². The van der Waals surface area contributed by atoms with Gasteiger partial charge in [0, 0.05) is 0 Å². The van der Waals surface area contributed by atoms with Crippen molar-refractivity contribution in [1.29, 1.82) is 0 Å². The fourth-order valence-corrected chi connectivity index (χ4v) is 2.21. The van der Waals surface area contributed by atoms with Crippen molar-refractivity contribution >= 4 is 0 Å². The highest BCUT2D eigenvalue weighted by atomic mass is 14.2. The minimum Gasteiger partial charge on any atom is -0.0885 e. The molecule has 1 rings (SSSR count). The van der Waals surface area contributed by atoms with Crippen LogP contribution in [0.5, 0.6) is 0 Å². The molecule has 0 aromatic rings. The Morgan fingerprint density at radius 1 is 1.12 bits per heavy atom. The Hall–Kier alpha value is -0.260. The van der Waals surface area contributed by atoms with Crippen molar-refractivity contribution in [2.24, 2.45) is 17.8 Å². The van der Waals surface area contributed by atoms with E-state index in [0.29, 0.717) is 0 Å². The zero-order chi connectivity index (χ0) is 11.8. The number of hydrogen-bond acceptors (Lipinski definition) is 0. The number of rotatable bonds is 9. The van der Waals surface area contributed by atoms with E-state index < -0.39 is 0 Å². The highest BCUT2D eigenvalue weighted by Crippen LogP contribution is 2.33. The summed E-state index contributed by atoms with van der Waals surface area (Å²) in [5, 5.41) is 0. The standard InChI is InChI=1S/C16H30/c1-4-5-9-14(2)15(3)10-7-6-8-11-16-12-13-16/h6-7,14-16H,4-5,8-13H2,1-3H3/b7-6-. The lowest BCUT2D eigenvalue weighted by atomic mass is 9.88. The molecule has 0 radical (unpaired) electrons. The van der Waals surface area contributed by atoms with Gasteiger partial charge in [-0.2, -0.15) is 0 Å². The van der Waals surface area contributed by atoms with Crippen LogP contribution >= 0.6 is 0 Å². The summed E-state index contributed by atoms with van der Waals surface area (Å²) in [6, 6.07) is 0. The smallest absolute Gasteiger partial charge is 0.0322 e. The summed E-state index contributed by atoms with van der Waals surface area (Å²) in [6.07, 6.45) is 16.0. The summed E-state index contributed by atoms with van der Waals surface area (Å²) in [6.45, 7) is 7.11. The monoisotopic (exact) mass is 222 g/mol. The predicted molar refractivity (Wildman–Crippen MR) is 73.6 cm³/mol. The maximum atomic E-state index is 2.43. The summed E-state index contributed by atoms with van der Waals surface area (Å²) in [4.78, 5) is 0. The minimum atomic E-state index is 0.865. The highest BCUT2D eigenvalue weighted by Gasteiger charge is 2.19. The van der Waals surface area contributed by atoms with Crippen LogP contribution in [0.15, 0.2) is 12.2 Å². The maximum absolute atomic E-state index is 2.43. The zero-order valence-corrected chi connectivity index (χ0v) is 11.5. The van der Waals surface area contributed by atoms with Crippen molar-refractivity contribution < 1.29 is 0 Å². The van der Waals surface area contributed by atoms with Crippen LogP contribution < -0.4 is 0 Å². The largest absolute Gasteiger partial charge is 0.0885 e. The van der Waals surface area contributed by atoms with E-state index in [1.807, 2.05) is 0 Å². The van der Waals surface area contributed by atoms with E-state index in [4.69, 9.17) is 0 Å². The Bertz CT molecular complexity index is 188. The molecular formula is C16H30. The molecule has 1 saturated carbocycles. The van der Waals surface area contributed by atoms with Gasteiger partial charge in [-0.1, -0.05) is 65.0 Å². The summed E-state index contributed by atoms with van der Waals surface area (Å²) < 4.78 is 0. The fourth-order valence-electron chi connectivity index (χ4n) is 2.21. The van der Waals surface area contributed by atoms with E-state index in [-0.39, 0.29) is 0 Å². The quantitative estimate of drug-likeness (QED) is 0.446. The summed E-state index contributed by atoms with van der Waals surface area (Å²) in [5.41, 5.74) is 0. The third kappa shape index (κ3) is 6.35. The lowest BCUT2D eigenvalue weighted by Gasteiger charge is -2.17. The minimum absolute atomic E-state index is 0.865. The molecule has 2 unspecified atom stereocenters. The second kappa shape index (κ2) is 7.92. The van der Waals surface area contributed by atoms with Crippen LogP contribution in [-0.4, -0.2) is 0 Å². The van der Waals surface area contributed by atoms with Crippen LogP contribution in [-0.2, 0) is 0 Å². The van der Waals surface area contributed by atoms with Gasteiger partial charge in [0.25, 0.3) is 0 Å². The van der Waals surface area contributed by atoms with Gasteiger partial charge in [0.2, 0.25) is 0 Å². The Morgan fingerprint density at radius 2 is 1.88 bits per heavy atom. The molecule has 1 aliphatic rings. The Labute approximate surface area is 103 Å². The third-order valence-corrected chi connectivity index (χ3v) is 4.10. The highest BCUT2D eigenvalue weighted by molar-refractivity contribution is 4.86. The van der Waals surface area contributed by atoms with Gasteiger partial charge < -0.3 is 0 Å². The van der Waals surface area contributed by atoms with Crippen molar-refractivity contribution in [1.82, 2.24) is 0 Å². The SMILES string of the molecule is CCCCC(C)C(C)C/C=C\CCC1CC1. The fraction of sp³-hybridized carbons (Fsp3) is 0.875. The van der Waals surface area contributed by atoms with Crippen LogP contribution in [0.3, 0.4) is 0 Å². The molecular weight excluding hydrogens is 192 g/mol. The van der Waals surface area contributed by atoms with Crippen LogP contribution in [0, 0.1) is 17.8 Å². The van der Waals surface area contributed by atoms with E-state index in [9.17, 15) is 0 Å². The molecule has 94 valence electrons. The molecule has 0 N–H and O–H groups in total. The molecule has 0 aromatic heterocycles. The van der Waals surface area contributed by atoms with Crippen molar-refractivity contribution in [3.05, 3.63) is 12.2 Å². The Morgan fingerprint density at radius 3 is 2.50 bits per heavy atom. The zero-order valence-electron chi connectivity index (χ0n) is 11.5. The Kier molecular flexibility index (Phi) is 6.84. The first-order valence-electron chi connectivity index (χ1n) is 7.39. The predicted octanol–water partition coefficient (Wildman–Crippen LogP) is 5.59. The second-order valence-corrected chi connectivity index (χ2v) is 5.82. The molecule has 0 amide bonds. The van der Waals surface area contributed by atoms with Gasteiger partial charge in [-0.05, 0) is 37.0 Å². The summed E-state index contributed by atoms with van der Waals surface area (Å²) in [5.74, 6) is 2.85. The van der Waals surface area contributed by atoms with Crippen LogP contribution in [0.2, 0.25) is 0 Å². The van der Waals surface area contributed by atoms with Gasteiger partial charge in [0.15, 0.2) is 0 Å². The average molecular weight is 222 g/mol. The van der Waals surface area contributed by atoms with Crippen LogP contribution in [0.1, 0.15) is 72.1 Å². The molecule has 1 fully saturated rings. The molecule has 0 spiro atoms. The van der Waals surface area contributed by atoms with E-state index in [2.05, 4.69) is 32.9 Å². The van der Waals surface area contributed by atoms with Crippen molar-refractivity contribution in [2.45, 2.75) is 72.1 Å². The van der Waals surface area contributed by atoms with Gasteiger partial charge in [-0.15, -0.1) is 0 Å². The van der Waals surface area contributed by atoms with E-state index >= 15 is 0 Å². The maximum Gasteiger partial charge on any atom is -0.0322 e. The molecule has 2 atom stereocenters. The molecule has 0 heteroatoms. The van der Waals surface area contributed by atoms with E-state index in [1.54, 1.807) is 0 Å². The lowest BCUT2D eigenvalue weighted by molar-refractivity contribution is 0.357. The van der Waals surface area contributed by atoms with Gasteiger partial charge in [-0.25, -0.2) is 0 Å². The van der Waals surface area contributed by atoms with E-state index in [0.717, 1.165) is 17.8 Å². The lowest BCUT2D eigenvalue weighted by Crippen LogP contribution is -2.06. The first-order valence-corrected chi connectivity index (χ1v) is 7.39. The van der Waals surface area contributed by atoms with Gasteiger partial charge >= 0.3 is 0 Å².